The fraction of sp³-hybridized carbons (Fsp3) is 0.606. The van der Waals surface area contributed by atoms with Crippen LogP contribution in [0.3, 0.4) is 0 Å². The normalized spacial score (nSPS) is 15.0. The molecule has 0 radical (unpaired) electrons. The molecule has 0 spiro atoms. The molecule has 0 aliphatic rings. The maximum absolute atomic E-state index is 13.5. The Morgan fingerprint density at radius 2 is 1.20 bits per heavy atom. The van der Waals surface area contributed by atoms with Gasteiger partial charge in [0.1, 0.15) is 24.2 Å². The van der Waals surface area contributed by atoms with E-state index in [4.69, 9.17) is 5.73 Å². The Morgan fingerprint density at radius 1 is 0.711 bits per heavy atom. The molecule has 4 amide bonds. The Hall–Kier alpha value is -3.93. The summed E-state index contributed by atoms with van der Waals surface area (Å²) in [6.45, 7) is 14.5. The lowest BCUT2D eigenvalue weighted by molar-refractivity contribution is -0.143. The van der Waals surface area contributed by atoms with Gasteiger partial charge in [-0.3, -0.25) is 19.2 Å². The molecule has 0 fully saturated rings. The first-order valence-corrected chi connectivity index (χ1v) is 15.8. The number of carbonyl (C=O) groups is 5. The molecule has 12 heteroatoms. The minimum absolute atomic E-state index is 0.00974. The fourth-order valence-electron chi connectivity index (χ4n) is 5.13. The number of para-hydroxylation sites is 1. The Kier molecular flexibility index (Phi) is 14.0. The third kappa shape index (κ3) is 11.2. The number of fused-ring (bicyclic) bond motifs is 1. The molecule has 250 valence electrons. The van der Waals surface area contributed by atoms with Crippen LogP contribution in [0.1, 0.15) is 73.8 Å². The van der Waals surface area contributed by atoms with Crippen molar-refractivity contribution in [2.75, 3.05) is 0 Å². The highest BCUT2D eigenvalue weighted by Gasteiger charge is 2.34. The molecule has 12 nitrogen and oxygen atoms in total. The molecule has 8 N–H and O–H groups in total. The summed E-state index contributed by atoms with van der Waals surface area (Å²) >= 11 is 0. The van der Waals surface area contributed by atoms with Gasteiger partial charge >= 0.3 is 5.97 Å². The summed E-state index contributed by atoms with van der Waals surface area (Å²) in [5.41, 5.74) is 8.07. The fourth-order valence-corrected chi connectivity index (χ4v) is 5.13. The van der Waals surface area contributed by atoms with Crippen LogP contribution in [-0.4, -0.2) is 69.9 Å². The van der Waals surface area contributed by atoms with Gasteiger partial charge in [0.25, 0.3) is 0 Å². The summed E-state index contributed by atoms with van der Waals surface area (Å²) in [6, 6.07) is 2.68. The second-order valence-electron chi connectivity index (χ2n) is 13.4. The number of aromatic nitrogens is 1. The van der Waals surface area contributed by atoms with Crippen molar-refractivity contribution >= 4 is 40.5 Å². The highest BCUT2D eigenvalue weighted by atomic mass is 16.4. The van der Waals surface area contributed by atoms with Gasteiger partial charge in [-0.2, -0.15) is 0 Å². The van der Waals surface area contributed by atoms with Crippen molar-refractivity contribution < 1.29 is 29.1 Å². The molecule has 0 aliphatic heterocycles. The zero-order valence-electron chi connectivity index (χ0n) is 27.8. The lowest BCUT2D eigenvalue weighted by atomic mass is 9.97. The molecule has 0 saturated carbocycles. The van der Waals surface area contributed by atoms with E-state index in [1.165, 1.54) is 0 Å². The van der Waals surface area contributed by atoms with Crippen LogP contribution in [-0.2, 0) is 30.4 Å². The molecular weight excluding hydrogens is 576 g/mol. The minimum Gasteiger partial charge on any atom is -0.480 e. The van der Waals surface area contributed by atoms with E-state index in [9.17, 15) is 29.1 Å². The van der Waals surface area contributed by atoms with Crippen LogP contribution < -0.4 is 27.0 Å². The number of nitrogens with one attached hydrogen (secondary N) is 5. The second kappa shape index (κ2) is 17.0. The first-order chi connectivity index (χ1) is 21.0. The number of aromatic amines is 1. The smallest absolute Gasteiger partial charge is 0.326 e. The van der Waals surface area contributed by atoms with Gasteiger partial charge in [-0.15, -0.1) is 0 Å². The predicted molar refractivity (Wildman–Crippen MR) is 174 cm³/mol. The van der Waals surface area contributed by atoms with Crippen molar-refractivity contribution in [2.45, 2.75) is 105 Å². The molecule has 0 unspecified atom stereocenters. The molecule has 45 heavy (non-hydrogen) atoms. The van der Waals surface area contributed by atoms with E-state index >= 15 is 0 Å². The Bertz CT molecular complexity index is 1320. The number of hydrogen-bond donors (Lipinski definition) is 7. The van der Waals surface area contributed by atoms with Crippen molar-refractivity contribution in [1.82, 2.24) is 26.3 Å². The van der Waals surface area contributed by atoms with Crippen LogP contribution >= 0.6 is 0 Å². The van der Waals surface area contributed by atoms with Crippen molar-refractivity contribution in [3.63, 3.8) is 0 Å². The monoisotopic (exact) mass is 628 g/mol. The van der Waals surface area contributed by atoms with E-state index in [2.05, 4.69) is 26.3 Å². The maximum atomic E-state index is 13.5. The Balaban J connectivity index is 2.13. The number of benzene rings is 1. The van der Waals surface area contributed by atoms with Crippen LogP contribution in [0.2, 0.25) is 0 Å². The number of nitrogens with two attached hydrogens (primary N) is 1. The predicted octanol–water partition coefficient (Wildman–Crippen LogP) is 2.47. The summed E-state index contributed by atoms with van der Waals surface area (Å²) in [6.07, 6.45) is 2.58. The average molecular weight is 629 g/mol. The van der Waals surface area contributed by atoms with Gasteiger partial charge in [-0.25, -0.2) is 4.79 Å². The van der Waals surface area contributed by atoms with Crippen LogP contribution in [0.25, 0.3) is 10.9 Å². The largest absolute Gasteiger partial charge is 0.480 e. The summed E-state index contributed by atoms with van der Waals surface area (Å²) in [5, 5.41) is 21.4. The van der Waals surface area contributed by atoms with Gasteiger partial charge in [0.15, 0.2) is 0 Å². The van der Waals surface area contributed by atoms with E-state index in [1.807, 2.05) is 58.2 Å². The topological polar surface area (TPSA) is 196 Å². The third-order valence-corrected chi connectivity index (χ3v) is 7.61. The average Bonchev–Trinajstić information content (AvgIpc) is 3.35. The number of aliphatic carboxylic acids is 1. The number of carbonyl (C=O) groups excluding carboxylic acids is 4. The number of carboxylic acid groups (broad SMARTS) is 1. The molecule has 2 rings (SSSR count). The van der Waals surface area contributed by atoms with Crippen LogP contribution in [0.15, 0.2) is 30.5 Å². The molecule has 0 saturated heterocycles. The number of amides is 4. The van der Waals surface area contributed by atoms with Gasteiger partial charge in [0.05, 0.1) is 6.04 Å². The number of rotatable bonds is 17. The number of carboxylic acids is 1. The van der Waals surface area contributed by atoms with E-state index in [1.54, 1.807) is 27.7 Å². The SMILES string of the molecule is CC(C)C[C@H](NC(=O)[C@H](CC(C)C)NC(=O)[C@@H](NC(=O)[C@@H](NC(=O)[C@@H](N)Cc1c[nH]c2ccccc12)C(C)C)C(C)C)C(=O)O. The van der Waals surface area contributed by atoms with Crippen LogP contribution in [0.5, 0.6) is 0 Å². The van der Waals surface area contributed by atoms with Crippen molar-refractivity contribution in [1.29, 1.82) is 0 Å². The van der Waals surface area contributed by atoms with Gasteiger partial charge in [-0.1, -0.05) is 73.6 Å². The standard InChI is InChI=1S/C33H52N6O6/c1-17(2)13-25(30(41)37-26(33(44)45)14-18(3)4)36-31(42)27(19(5)6)39-32(43)28(20(7)8)38-29(40)23(34)15-21-16-35-24-12-10-9-11-22(21)24/h9-12,16-20,23,25-28,35H,13-15,34H2,1-8H3,(H,36,42)(H,37,41)(H,38,40)(H,39,43)(H,44,45)/t23-,25-,26-,27-,28-/m0/s1. The van der Waals surface area contributed by atoms with Crippen LogP contribution in [0, 0.1) is 23.7 Å². The van der Waals surface area contributed by atoms with Gasteiger partial charge in [0, 0.05) is 17.1 Å². The minimum atomic E-state index is -1.15. The molecule has 1 aromatic carbocycles. The molecular formula is C33H52N6O6. The third-order valence-electron chi connectivity index (χ3n) is 7.61. The first kappa shape index (κ1) is 37.3. The van der Waals surface area contributed by atoms with Gasteiger partial charge in [-0.05, 0) is 54.6 Å². The zero-order chi connectivity index (χ0) is 34.0. The lowest BCUT2D eigenvalue weighted by Gasteiger charge is -2.29. The van der Waals surface area contributed by atoms with Crippen molar-refractivity contribution in [3.05, 3.63) is 36.0 Å². The quantitative estimate of drug-likeness (QED) is 0.140. The molecule has 0 aliphatic carbocycles. The molecule has 5 atom stereocenters. The van der Waals surface area contributed by atoms with Crippen molar-refractivity contribution in [3.8, 4) is 0 Å². The number of hydrogen-bond acceptors (Lipinski definition) is 6. The van der Waals surface area contributed by atoms with E-state index in [0.717, 1.165) is 16.5 Å². The summed E-state index contributed by atoms with van der Waals surface area (Å²) < 4.78 is 0. The van der Waals surface area contributed by atoms with Crippen molar-refractivity contribution in [2.24, 2.45) is 29.4 Å². The molecule has 0 bridgehead atoms. The summed E-state index contributed by atoms with van der Waals surface area (Å²) in [5.74, 6) is -4.03. The first-order valence-electron chi connectivity index (χ1n) is 15.8. The van der Waals surface area contributed by atoms with Crippen LogP contribution in [0.4, 0.5) is 0 Å². The van der Waals surface area contributed by atoms with Gasteiger partial charge < -0.3 is 37.1 Å². The lowest BCUT2D eigenvalue weighted by Crippen LogP contribution is -2.60. The highest BCUT2D eigenvalue weighted by molar-refractivity contribution is 5.96. The second-order valence-corrected chi connectivity index (χ2v) is 13.4. The molecule has 1 heterocycles. The number of H-pyrrole nitrogens is 1. The summed E-state index contributed by atoms with van der Waals surface area (Å²) in [4.78, 5) is 68.1. The van der Waals surface area contributed by atoms with Gasteiger partial charge in [0.2, 0.25) is 23.6 Å². The molecule has 1 aromatic heterocycles. The zero-order valence-corrected chi connectivity index (χ0v) is 27.8. The Morgan fingerprint density at radius 3 is 1.73 bits per heavy atom. The van der Waals surface area contributed by atoms with E-state index in [-0.39, 0.29) is 42.9 Å². The maximum Gasteiger partial charge on any atom is 0.326 e. The highest BCUT2D eigenvalue weighted by Crippen LogP contribution is 2.19. The molecule has 2 aromatic rings. The Labute approximate surface area is 266 Å². The van der Waals surface area contributed by atoms with E-state index < -0.39 is 59.8 Å². The summed E-state index contributed by atoms with van der Waals surface area (Å²) in [7, 11) is 0. The van der Waals surface area contributed by atoms with E-state index in [0.29, 0.717) is 0 Å².